The van der Waals surface area contributed by atoms with Crippen LogP contribution in [0.25, 0.3) is 0 Å². The number of ether oxygens (including phenoxy) is 1. The summed E-state index contributed by atoms with van der Waals surface area (Å²) in [6.45, 7) is 7.73. The average Bonchev–Trinajstić information content (AvgIpc) is 3.24. The number of nitrogens with one attached hydrogen (secondary N) is 1. The lowest BCUT2D eigenvalue weighted by molar-refractivity contribution is 0.0885. The number of methoxy groups -OCH3 is 1. The summed E-state index contributed by atoms with van der Waals surface area (Å²) in [5, 5.41) is 12.9. The number of allylic oxidation sites excluding steroid dienone is 1. The predicted octanol–water partition coefficient (Wildman–Crippen LogP) is 5.42. The molecule has 7 nitrogen and oxygen atoms in total. The molecule has 2 N–H and O–H groups in total. The molecule has 0 saturated heterocycles. The zero-order valence-corrected chi connectivity index (χ0v) is 20.7. The minimum atomic E-state index is -0.812. The third-order valence-electron chi connectivity index (χ3n) is 5.81. The Bertz CT molecular complexity index is 1040. The summed E-state index contributed by atoms with van der Waals surface area (Å²) >= 11 is 1.74. The highest BCUT2D eigenvalue weighted by Crippen LogP contribution is 2.29. The van der Waals surface area contributed by atoms with Gasteiger partial charge in [-0.1, -0.05) is 33.8 Å². The zero-order valence-electron chi connectivity index (χ0n) is 19.8. The first-order chi connectivity index (χ1) is 15.7. The predicted molar refractivity (Wildman–Crippen MR) is 129 cm³/mol. The Morgan fingerprint density at radius 3 is 2.55 bits per heavy atom. The van der Waals surface area contributed by atoms with E-state index in [0.29, 0.717) is 18.6 Å². The molecule has 1 amide bonds. The fourth-order valence-corrected chi connectivity index (χ4v) is 4.53. The van der Waals surface area contributed by atoms with Crippen molar-refractivity contribution in [1.29, 1.82) is 0 Å². The average molecular weight is 476 g/mol. The van der Waals surface area contributed by atoms with Crippen molar-refractivity contribution in [3.63, 3.8) is 0 Å². The lowest BCUT2D eigenvalue weighted by atomic mass is 9.86. The van der Waals surface area contributed by atoms with Crippen molar-refractivity contribution >= 4 is 23.2 Å². The Balaban J connectivity index is 2.04. The highest BCUT2D eigenvalue weighted by atomic mass is 32.1. The van der Waals surface area contributed by atoms with Gasteiger partial charge < -0.3 is 14.3 Å². The molecule has 180 valence electrons. The molecule has 2 heterocycles. The van der Waals surface area contributed by atoms with Gasteiger partial charge >= 0.3 is 11.7 Å². The Labute approximate surface area is 198 Å². The number of rotatable bonds is 11. The first kappa shape index (κ1) is 26.4. The van der Waals surface area contributed by atoms with Crippen LogP contribution in [0.1, 0.15) is 72.3 Å². The summed E-state index contributed by atoms with van der Waals surface area (Å²) < 4.78 is 9.87. The number of alkyl carbamates (subject to hydrolysis) is 1. The molecular formula is C25H33NO6S. The summed E-state index contributed by atoms with van der Waals surface area (Å²) in [5.41, 5.74) is -1.10. The van der Waals surface area contributed by atoms with E-state index in [1.807, 2.05) is 13.8 Å². The number of amides is 1. The number of Topliss-reactive ketones (excluding diaryl/α,β-unsaturated/α-hetero) is 1. The van der Waals surface area contributed by atoms with E-state index in [1.54, 1.807) is 24.3 Å². The maximum Gasteiger partial charge on any atom is 0.410 e. The molecule has 0 spiro atoms. The van der Waals surface area contributed by atoms with Gasteiger partial charge in [-0.15, -0.1) is 11.3 Å². The summed E-state index contributed by atoms with van der Waals surface area (Å²) in [6, 6.07) is 5.55. The molecule has 2 aromatic rings. The monoisotopic (exact) mass is 475 g/mol. The standard InChI is InChI=1S/C25H33NO6S/c1-6-18-10-11-19(33-18)13-16(3)17(4)23(28)22-20(27)14-21(32-24(22)29)15(2)9-7-8-12-26-25(30)31-5/h8,10-12,14-17,27H,6-7,9,13H2,1-5H3,(H,26,30)/b12-8+/t15?,16-,17?/m0/s1. The molecule has 0 aliphatic heterocycles. The lowest BCUT2D eigenvalue weighted by Crippen LogP contribution is -2.26. The molecule has 0 bridgehead atoms. The van der Waals surface area contributed by atoms with Crippen LogP contribution >= 0.6 is 11.3 Å². The summed E-state index contributed by atoms with van der Waals surface area (Å²) in [5.74, 6) is -1.04. The molecule has 0 aromatic carbocycles. The number of aryl methyl sites for hydroxylation is 1. The van der Waals surface area contributed by atoms with Gasteiger partial charge in [-0.3, -0.25) is 10.1 Å². The Morgan fingerprint density at radius 1 is 1.24 bits per heavy atom. The minimum absolute atomic E-state index is 0.00337. The molecule has 2 rings (SSSR count). The van der Waals surface area contributed by atoms with E-state index in [2.05, 4.69) is 29.1 Å². The van der Waals surface area contributed by atoms with Gasteiger partial charge in [-0.25, -0.2) is 9.59 Å². The van der Waals surface area contributed by atoms with Crippen LogP contribution in [0.2, 0.25) is 0 Å². The molecule has 0 radical (unpaired) electrons. The van der Waals surface area contributed by atoms with Gasteiger partial charge in [0.1, 0.15) is 17.1 Å². The van der Waals surface area contributed by atoms with Gasteiger partial charge in [0.15, 0.2) is 5.78 Å². The van der Waals surface area contributed by atoms with Crippen LogP contribution in [0.5, 0.6) is 5.75 Å². The fraction of sp³-hybridized carbons (Fsp3) is 0.480. The van der Waals surface area contributed by atoms with Gasteiger partial charge in [-0.2, -0.15) is 0 Å². The smallest absolute Gasteiger partial charge is 0.410 e. The van der Waals surface area contributed by atoms with Gasteiger partial charge in [0.2, 0.25) is 0 Å². The first-order valence-electron chi connectivity index (χ1n) is 11.2. The van der Waals surface area contributed by atoms with Crippen LogP contribution in [-0.2, 0) is 17.6 Å². The number of ketones is 1. The van der Waals surface area contributed by atoms with Gasteiger partial charge in [0.25, 0.3) is 0 Å². The molecule has 0 saturated carbocycles. The number of hydrogen-bond acceptors (Lipinski definition) is 7. The van der Waals surface area contributed by atoms with Gasteiger partial charge in [0, 0.05) is 33.9 Å². The van der Waals surface area contributed by atoms with Crippen LogP contribution in [0.3, 0.4) is 0 Å². The third-order valence-corrected chi connectivity index (χ3v) is 7.06. The van der Waals surface area contributed by atoms with Crippen molar-refractivity contribution in [2.24, 2.45) is 11.8 Å². The molecule has 2 unspecified atom stereocenters. The van der Waals surface area contributed by atoms with Crippen LogP contribution < -0.4 is 10.9 Å². The van der Waals surface area contributed by atoms with Crippen molar-refractivity contribution in [1.82, 2.24) is 5.32 Å². The number of carbonyl (C=O) groups excluding carboxylic acids is 2. The maximum absolute atomic E-state index is 13.0. The van der Waals surface area contributed by atoms with Crippen LogP contribution in [-0.4, -0.2) is 24.1 Å². The topological polar surface area (TPSA) is 106 Å². The van der Waals surface area contributed by atoms with Crippen molar-refractivity contribution < 1.29 is 23.8 Å². The number of carbonyl (C=O) groups is 2. The second-order valence-electron chi connectivity index (χ2n) is 8.27. The van der Waals surface area contributed by atoms with E-state index >= 15 is 0 Å². The minimum Gasteiger partial charge on any atom is -0.507 e. The fourth-order valence-electron chi connectivity index (χ4n) is 3.43. The van der Waals surface area contributed by atoms with Gasteiger partial charge in [-0.05, 0) is 43.7 Å². The number of aromatic hydroxyl groups is 1. The van der Waals surface area contributed by atoms with Crippen molar-refractivity contribution in [2.45, 2.75) is 59.3 Å². The molecule has 0 aliphatic rings. The van der Waals surface area contributed by atoms with Crippen LogP contribution in [0.15, 0.2) is 39.7 Å². The summed E-state index contributed by atoms with van der Waals surface area (Å²) in [4.78, 5) is 39.1. The second kappa shape index (κ2) is 12.4. The Kier molecular flexibility index (Phi) is 9.91. The van der Waals surface area contributed by atoms with Crippen LogP contribution in [0, 0.1) is 11.8 Å². The van der Waals surface area contributed by atoms with E-state index in [4.69, 9.17) is 4.42 Å². The third kappa shape index (κ3) is 7.32. The van der Waals surface area contributed by atoms with E-state index in [0.717, 1.165) is 12.8 Å². The molecule has 33 heavy (non-hydrogen) atoms. The molecule has 0 fully saturated rings. The quantitative estimate of drug-likeness (QED) is 0.420. The molecular weight excluding hydrogens is 442 g/mol. The number of hydrogen-bond donors (Lipinski definition) is 2. The van der Waals surface area contributed by atoms with Crippen molar-refractivity contribution in [3.05, 3.63) is 62.0 Å². The normalized spacial score (nSPS) is 14.1. The second-order valence-corrected chi connectivity index (χ2v) is 9.52. The number of thiophene rings is 1. The first-order valence-corrected chi connectivity index (χ1v) is 12.0. The Morgan fingerprint density at radius 2 is 1.94 bits per heavy atom. The van der Waals surface area contributed by atoms with Crippen LogP contribution in [0.4, 0.5) is 4.79 Å². The summed E-state index contributed by atoms with van der Waals surface area (Å²) in [7, 11) is 1.28. The molecule has 3 atom stereocenters. The van der Waals surface area contributed by atoms with E-state index in [-0.39, 0.29) is 23.1 Å². The van der Waals surface area contributed by atoms with E-state index < -0.39 is 23.4 Å². The highest BCUT2D eigenvalue weighted by molar-refractivity contribution is 7.11. The zero-order chi connectivity index (χ0) is 24.5. The SMILES string of the molecule is CCc1ccc(C[C@H](C)C(C)C(=O)c2c(O)cc(C(C)CC/C=C/NC(=O)OC)oc2=O)s1. The summed E-state index contributed by atoms with van der Waals surface area (Å²) in [6.07, 6.45) is 5.61. The molecule has 0 aliphatic carbocycles. The molecule has 2 aromatic heterocycles. The highest BCUT2D eigenvalue weighted by Gasteiger charge is 2.28. The van der Waals surface area contributed by atoms with Gasteiger partial charge in [0.05, 0.1) is 7.11 Å². The van der Waals surface area contributed by atoms with Crippen molar-refractivity contribution in [2.75, 3.05) is 7.11 Å². The van der Waals surface area contributed by atoms with Crippen molar-refractivity contribution in [3.8, 4) is 5.75 Å². The Hall–Kier alpha value is -2.87. The van der Waals surface area contributed by atoms with E-state index in [9.17, 15) is 19.5 Å². The largest absolute Gasteiger partial charge is 0.507 e. The maximum atomic E-state index is 13.0. The van der Waals surface area contributed by atoms with E-state index in [1.165, 1.54) is 29.1 Å². The lowest BCUT2D eigenvalue weighted by Gasteiger charge is -2.18. The molecule has 8 heteroatoms.